The second kappa shape index (κ2) is 9.27. The third kappa shape index (κ3) is 4.78. The molecule has 5 aromatic rings. The van der Waals surface area contributed by atoms with Gasteiger partial charge in [-0.05, 0) is 52.6 Å². The summed E-state index contributed by atoms with van der Waals surface area (Å²) in [4.78, 5) is 7.76. The summed E-state index contributed by atoms with van der Waals surface area (Å²) in [5, 5.41) is 6.64. The number of imidazole rings is 1. The normalized spacial score (nSPS) is 11.1. The lowest BCUT2D eigenvalue weighted by atomic mass is 10.0. The number of hydrogen-bond acceptors (Lipinski definition) is 3. The van der Waals surface area contributed by atoms with Crippen molar-refractivity contribution in [2.24, 2.45) is 0 Å². The third-order valence-corrected chi connectivity index (χ3v) is 5.79. The van der Waals surface area contributed by atoms with Crippen LogP contribution in [0.1, 0.15) is 11.1 Å². The Labute approximate surface area is 192 Å². The Balaban J connectivity index is 1.22. The van der Waals surface area contributed by atoms with Crippen molar-refractivity contribution in [1.82, 2.24) is 15.3 Å². The molecule has 5 rings (SSSR count). The second-order valence-corrected chi connectivity index (χ2v) is 8.07. The number of H-pyrrole nitrogens is 1. The van der Waals surface area contributed by atoms with Gasteiger partial charge in [0, 0.05) is 31.4 Å². The highest BCUT2D eigenvalue weighted by Crippen LogP contribution is 2.25. The van der Waals surface area contributed by atoms with Crippen molar-refractivity contribution in [3.05, 3.63) is 108 Å². The van der Waals surface area contributed by atoms with E-state index >= 15 is 0 Å². The lowest BCUT2D eigenvalue weighted by Gasteiger charge is -2.08. The van der Waals surface area contributed by atoms with Gasteiger partial charge in [0.15, 0.2) is 0 Å². The van der Waals surface area contributed by atoms with Crippen LogP contribution in [-0.2, 0) is 13.1 Å². The van der Waals surface area contributed by atoms with Crippen LogP contribution >= 0.6 is 0 Å². The number of aromatic amines is 1. The minimum absolute atomic E-state index is 0.269. The van der Waals surface area contributed by atoms with E-state index in [1.807, 2.05) is 19.2 Å². The molecule has 164 valence electrons. The van der Waals surface area contributed by atoms with E-state index in [0.29, 0.717) is 5.52 Å². The van der Waals surface area contributed by atoms with Crippen molar-refractivity contribution in [3.8, 4) is 22.5 Å². The molecule has 0 amide bonds. The maximum atomic E-state index is 13.4. The number of nitrogens with zero attached hydrogens (tertiary/aromatic N) is 1. The molecule has 0 bridgehead atoms. The number of fused-ring (bicyclic) bond motifs is 1. The average Bonchev–Trinajstić information content (AvgIpc) is 3.28. The number of anilines is 1. The molecular formula is C28H25FN4. The van der Waals surface area contributed by atoms with Crippen LogP contribution in [0.25, 0.3) is 33.5 Å². The first-order valence-electron chi connectivity index (χ1n) is 11.0. The molecule has 0 unspecified atom stereocenters. The van der Waals surface area contributed by atoms with Crippen LogP contribution in [-0.4, -0.2) is 17.0 Å². The van der Waals surface area contributed by atoms with Crippen molar-refractivity contribution < 1.29 is 4.39 Å². The second-order valence-electron chi connectivity index (χ2n) is 8.07. The highest BCUT2D eigenvalue weighted by Gasteiger charge is 2.07. The van der Waals surface area contributed by atoms with Gasteiger partial charge in [-0.25, -0.2) is 9.37 Å². The summed E-state index contributed by atoms with van der Waals surface area (Å²) in [6.07, 6.45) is 0. The predicted molar refractivity (Wildman–Crippen MR) is 133 cm³/mol. The van der Waals surface area contributed by atoms with Crippen molar-refractivity contribution in [2.75, 3.05) is 12.4 Å². The molecule has 5 heteroatoms. The molecule has 0 fully saturated rings. The summed E-state index contributed by atoms with van der Waals surface area (Å²) in [6.45, 7) is 1.65. The van der Waals surface area contributed by atoms with Gasteiger partial charge in [-0.1, -0.05) is 60.7 Å². The topological polar surface area (TPSA) is 52.7 Å². The smallest absolute Gasteiger partial charge is 0.138 e. The third-order valence-electron chi connectivity index (χ3n) is 5.79. The molecular weight excluding hydrogens is 411 g/mol. The zero-order chi connectivity index (χ0) is 22.6. The molecule has 0 atom stereocenters. The number of aromatic nitrogens is 2. The number of halogens is 1. The molecule has 0 spiro atoms. The fourth-order valence-corrected chi connectivity index (χ4v) is 3.89. The summed E-state index contributed by atoms with van der Waals surface area (Å²) in [7, 11) is 1.93. The van der Waals surface area contributed by atoms with E-state index in [0.717, 1.165) is 41.2 Å². The highest BCUT2D eigenvalue weighted by molar-refractivity contribution is 5.80. The highest BCUT2D eigenvalue weighted by atomic mass is 19.1. The largest absolute Gasteiger partial charge is 0.388 e. The fraction of sp³-hybridized carbons (Fsp3) is 0.107. The van der Waals surface area contributed by atoms with Gasteiger partial charge in [-0.2, -0.15) is 0 Å². The summed E-state index contributed by atoms with van der Waals surface area (Å²) in [5.41, 5.74) is 8.37. The summed E-state index contributed by atoms with van der Waals surface area (Å²) < 4.78 is 13.4. The first-order valence-corrected chi connectivity index (χ1v) is 11.0. The molecule has 1 aromatic heterocycles. The van der Waals surface area contributed by atoms with E-state index in [-0.39, 0.29) is 5.82 Å². The Morgan fingerprint density at radius 1 is 0.727 bits per heavy atom. The zero-order valence-corrected chi connectivity index (χ0v) is 18.4. The maximum absolute atomic E-state index is 13.4. The molecule has 0 aliphatic heterocycles. The quantitative estimate of drug-likeness (QED) is 0.278. The van der Waals surface area contributed by atoms with Crippen LogP contribution in [0.2, 0.25) is 0 Å². The Morgan fingerprint density at radius 3 is 1.94 bits per heavy atom. The van der Waals surface area contributed by atoms with Crippen LogP contribution in [0.5, 0.6) is 0 Å². The monoisotopic (exact) mass is 436 g/mol. The van der Waals surface area contributed by atoms with E-state index in [1.54, 1.807) is 6.07 Å². The molecule has 0 aliphatic carbocycles. The van der Waals surface area contributed by atoms with Crippen LogP contribution in [0.4, 0.5) is 10.1 Å². The molecule has 33 heavy (non-hydrogen) atoms. The molecule has 3 N–H and O–H groups in total. The number of nitrogens with one attached hydrogen (secondary N) is 3. The van der Waals surface area contributed by atoms with E-state index in [4.69, 9.17) is 0 Å². The SMILES string of the molecule is CNc1ccc(CNCc2ccc(-c3ccc(-c4nc5ccc(F)cc5[nH]4)cc3)cc2)cc1. The van der Waals surface area contributed by atoms with Crippen LogP contribution in [0.3, 0.4) is 0 Å². The van der Waals surface area contributed by atoms with Gasteiger partial charge in [-0.15, -0.1) is 0 Å². The van der Waals surface area contributed by atoms with Crippen LogP contribution in [0, 0.1) is 5.82 Å². The fourth-order valence-electron chi connectivity index (χ4n) is 3.89. The van der Waals surface area contributed by atoms with Gasteiger partial charge >= 0.3 is 0 Å². The average molecular weight is 437 g/mol. The van der Waals surface area contributed by atoms with E-state index in [1.165, 1.54) is 28.8 Å². The van der Waals surface area contributed by atoms with Crippen molar-refractivity contribution >= 4 is 16.7 Å². The Hall–Kier alpha value is -3.96. The molecule has 0 saturated heterocycles. The molecule has 4 nitrogen and oxygen atoms in total. The Kier molecular flexibility index (Phi) is 5.87. The Morgan fingerprint density at radius 2 is 1.30 bits per heavy atom. The molecule has 0 aliphatic rings. The number of hydrogen-bond donors (Lipinski definition) is 3. The van der Waals surface area contributed by atoms with Crippen molar-refractivity contribution in [2.45, 2.75) is 13.1 Å². The zero-order valence-electron chi connectivity index (χ0n) is 18.4. The minimum atomic E-state index is -0.269. The van der Waals surface area contributed by atoms with Gasteiger partial charge < -0.3 is 15.6 Å². The van der Waals surface area contributed by atoms with Gasteiger partial charge in [0.1, 0.15) is 11.6 Å². The number of rotatable bonds is 7. The van der Waals surface area contributed by atoms with Gasteiger partial charge in [0.25, 0.3) is 0 Å². The first-order chi connectivity index (χ1) is 16.2. The summed E-state index contributed by atoms with van der Waals surface area (Å²) in [6, 6.07) is 29.9. The Bertz CT molecular complexity index is 1350. The van der Waals surface area contributed by atoms with Crippen molar-refractivity contribution in [1.29, 1.82) is 0 Å². The molecule has 4 aromatic carbocycles. The standard InChI is InChI=1S/C28H25FN4/c1-30-25-13-4-20(5-14-25)18-31-17-19-2-6-21(7-3-19)22-8-10-23(11-9-22)28-32-26-15-12-24(29)16-27(26)33-28/h2-16,30-31H,17-18H2,1H3,(H,32,33). The van der Waals surface area contributed by atoms with E-state index in [2.05, 4.69) is 81.3 Å². The lowest BCUT2D eigenvalue weighted by Crippen LogP contribution is -2.12. The molecule has 0 radical (unpaired) electrons. The van der Waals surface area contributed by atoms with Gasteiger partial charge in [0.2, 0.25) is 0 Å². The molecule has 0 saturated carbocycles. The predicted octanol–water partition coefficient (Wildman–Crippen LogP) is 6.37. The lowest BCUT2D eigenvalue weighted by molar-refractivity contribution is 0.629. The van der Waals surface area contributed by atoms with E-state index < -0.39 is 0 Å². The maximum Gasteiger partial charge on any atom is 0.138 e. The van der Waals surface area contributed by atoms with Gasteiger partial charge in [0.05, 0.1) is 11.0 Å². The number of benzene rings is 4. The summed E-state index contributed by atoms with van der Waals surface area (Å²) in [5.74, 6) is 0.471. The minimum Gasteiger partial charge on any atom is -0.388 e. The first kappa shape index (κ1) is 20.9. The van der Waals surface area contributed by atoms with Crippen LogP contribution < -0.4 is 10.6 Å². The van der Waals surface area contributed by atoms with Crippen LogP contribution in [0.15, 0.2) is 91.0 Å². The summed E-state index contributed by atoms with van der Waals surface area (Å²) >= 11 is 0. The van der Waals surface area contributed by atoms with Gasteiger partial charge in [-0.3, -0.25) is 0 Å². The van der Waals surface area contributed by atoms with E-state index in [9.17, 15) is 4.39 Å². The van der Waals surface area contributed by atoms with Crippen molar-refractivity contribution in [3.63, 3.8) is 0 Å². The molecule has 1 heterocycles.